The highest BCUT2D eigenvalue weighted by Crippen LogP contribution is 2.21. The van der Waals surface area contributed by atoms with E-state index in [1.807, 2.05) is 43.3 Å². The lowest BCUT2D eigenvalue weighted by Crippen LogP contribution is -2.36. The molecule has 0 bridgehead atoms. The van der Waals surface area contributed by atoms with E-state index in [1.54, 1.807) is 19.2 Å². The second kappa shape index (κ2) is 9.28. The van der Waals surface area contributed by atoms with Crippen LogP contribution in [0.4, 0.5) is 11.4 Å². The van der Waals surface area contributed by atoms with E-state index >= 15 is 0 Å². The molecule has 0 spiro atoms. The van der Waals surface area contributed by atoms with Gasteiger partial charge in [0.15, 0.2) is 6.10 Å². The van der Waals surface area contributed by atoms with Crippen molar-refractivity contribution in [2.75, 3.05) is 43.6 Å². The first-order chi connectivity index (χ1) is 13.2. The first-order valence-electron chi connectivity index (χ1n) is 9.24. The second-order valence-corrected chi connectivity index (χ2v) is 6.33. The number of nitrogens with zero attached hydrogens (tertiary/aromatic N) is 1. The molecule has 27 heavy (non-hydrogen) atoms. The van der Waals surface area contributed by atoms with Crippen molar-refractivity contribution in [2.45, 2.75) is 19.4 Å². The summed E-state index contributed by atoms with van der Waals surface area (Å²) in [6, 6.07) is 15.1. The average Bonchev–Trinajstić information content (AvgIpc) is 2.73. The highest BCUT2D eigenvalue weighted by atomic mass is 16.5. The Morgan fingerprint density at radius 2 is 1.70 bits per heavy atom. The molecule has 0 aromatic heterocycles. The summed E-state index contributed by atoms with van der Waals surface area (Å²) in [5, 5.41) is 2.93. The van der Waals surface area contributed by atoms with Crippen LogP contribution in [0.25, 0.3) is 0 Å². The quantitative estimate of drug-likeness (QED) is 0.810. The zero-order valence-electron chi connectivity index (χ0n) is 15.8. The molecular weight excluding hydrogens is 344 g/mol. The van der Waals surface area contributed by atoms with Crippen LogP contribution in [0.3, 0.4) is 0 Å². The lowest BCUT2D eigenvalue weighted by atomic mass is 10.2. The number of amides is 1. The van der Waals surface area contributed by atoms with Crippen molar-refractivity contribution in [2.24, 2.45) is 0 Å². The van der Waals surface area contributed by atoms with Gasteiger partial charge in [0.1, 0.15) is 11.5 Å². The Balaban J connectivity index is 1.58. The molecule has 0 aliphatic carbocycles. The first-order valence-corrected chi connectivity index (χ1v) is 9.24. The highest BCUT2D eigenvalue weighted by molar-refractivity contribution is 5.94. The molecule has 1 amide bonds. The standard InChI is InChI=1S/C21H26N2O4/c1-3-20(27-19-10-8-18(25-2)9-11-19)21(24)22-16-4-6-17(7-5-16)23-12-14-26-15-13-23/h4-11,20H,3,12-15H2,1-2H3,(H,22,24)/t20-/m0/s1. The number of nitrogens with one attached hydrogen (secondary N) is 1. The monoisotopic (exact) mass is 370 g/mol. The fraction of sp³-hybridized carbons (Fsp3) is 0.381. The number of morpholine rings is 1. The fourth-order valence-electron chi connectivity index (χ4n) is 2.94. The molecule has 1 atom stereocenters. The smallest absolute Gasteiger partial charge is 0.265 e. The van der Waals surface area contributed by atoms with Gasteiger partial charge < -0.3 is 24.4 Å². The van der Waals surface area contributed by atoms with E-state index in [4.69, 9.17) is 14.2 Å². The maximum atomic E-state index is 12.6. The summed E-state index contributed by atoms with van der Waals surface area (Å²) < 4.78 is 16.3. The number of carbonyl (C=O) groups excluding carboxylic acids is 1. The van der Waals surface area contributed by atoms with Gasteiger partial charge in [-0.2, -0.15) is 0 Å². The topological polar surface area (TPSA) is 60.0 Å². The van der Waals surface area contributed by atoms with E-state index in [2.05, 4.69) is 10.2 Å². The molecule has 2 aromatic carbocycles. The molecule has 1 N–H and O–H groups in total. The Morgan fingerprint density at radius 3 is 2.30 bits per heavy atom. The van der Waals surface area contributed by atoms with E-state index in [1.165, 1.54) is 0 Å². The van der Waals surface area contributed by atoms with Crippen LogP contribution < -0.4 is 19.7 Å². The number of methoxy groups -OCH3 is 1. The van der Waals surface area contributed by atoms with Crippen molar-refractivity contribution < 1.29 is 19.0 Å². The summed E-state index contributed by atoms with van der Waals surface area (Å²) in [5.41, 5.74) is 1.90. The van der Waals surface area contributed by atoms with Gasteiger partial charge in [-0.3, -0.25) is 4.79 Å². The molecule has 0 unspecified atom stereocenters. The molecule has 1 saturated heterocycles. The lowest BCUT2D eigenvalue weighted by molar-refractivity contribution is -0.122. The minimum absolute atomic E-state index is 0.160. The summed E-state index contributed by atoms with van der Waals surface area (Å²) in [4.78, 5) is 14.8. The fourth-order valence-corrected chi connectivity index (χ4v) is 2.94. The van der Waals surface area contributed by atoms with Gasteiger partial charge in [-0.1, -0.05) is 6.92 Å². The first kappa shape index (κ1) is 19.0. The van der Waals surface area contributed by atoms with Crippen LogP contribution in [0, 0.1) is 0 Å². The molecule has 6 heteroatoms. The number of hydrogen-bond acceptors (Lipinski definition) is 5. The Bertz CT molecular complexity index is 725. The van der Waals surface area contributed by atoms with E-state index in [9.17, 15) is 4.79 Å². The molecule has 1 heterocycles. The van der Waals surface area contributed by atoms with Crippen molar-refractivity contribution in [1.82, 2.24) is 0 Å². The number of anilines is 2. The van der Waals surface area contributed by atoms with Gasteiger partial charge in [0.05, 0.1) is 20.3 Å². The largest absolute Gasteiger partial charge is 0.497 e. The zero-order valence-corrected chi connectivity index (χ0v) is 15.8. The molecule has 0 radical (unpaired) electrons. The summed E-state index contributed by atoms with van der Waals surface area (Å²) in [7, 11) is 1.61. The minimum atomic E-state index is -0.558. The third-order valence-electron chi connectivity index (χ3n) is 4.51. The van der Waals surface area contributed by atoms with Crippen molar-refractivity contribution in [3.05, 3.63) is 48.5 Å². The Labute approximate surface area is 160 Å². The van der Waals surface area contributed by atoms with E-state index in [0.717, 1.165) is 43.4 Å². The molecule has 2 aromatic rings. The maximum absolute atomic E-state index is 12.6. The SMILES string of the molecule is CC[C@H](Oc1ccc(OC)cc1)C(=O)Nc1ccc(N2CCOCC2)cc1. The summed E-state index contributed by atoms with van der Waals surface area (Å²) in [6.45, 7) is 5.20. The normalized spacial score (nSPS) is 15.1. The third kappa shape index (κ3) is 5.14. The van der Waals surface area contributed by atoms with E-state index < -0.39 is 6.10 Å². The van der Waals surface area contributed by atoms with Crippen LogP contribution in [0.1, 0.15) is 13.3 Å². The van der Waals surface area contributed by atoms with Crippen LogP contribution in [0.15, 0.2) is 48.5 Å². The predicted molar refractivity (Wildman–Crippen MR) is 106 cm³/mol. The summed E-state index contributed by atoms with van der Waals surface area (Å²) in [6.07, 6.45) is 0.0151. The van der Waals surface area contributed by atoms with Crippen LogP contribution in [0.2, 0.25) is 0 Å². The predicted octanol–water partition coefficient (Wildman–Crippen LogP) is 3.33. The number of carbonyl (C=O) groups is 1. The summed E-state index contributed by atoms with van der Waals surface area (Å²) in [5.74, 6) is 1.23. The molecule has 1 aliphatic rings. The average molecular weight is 370 g/mol. The van der Waals surface area contributed by atoms with Crippen molar-refractivity contribution in [3.8, 4) is 11.5 Å². The molecule has 1 aliphatic heterocycles. The van der Waals surface area contributed by atoms with Gasteiger partial charge in [-0.25, -0.2) is 0 Å². The summed E-state index contributed by atoms with van der Waals surface area (Å²) >= 11 is 0. The molecular formula is C21H26N2O4. The lowest BCUT2D eigenvalue weighted by Gasteiger charge is -2.29. The molecule has 1 fully saturated rings. The van der Waals surface area contributed by atoms with Gasteiger partial charge in [-0.05, 0) is 55.0 Å². The molecule has 3 rings (SSSR count). The van der Waals surface area contributed by atoms with Gasteiger partial charge in [0.2, 0.25) is 0 Å². The minimum Gasteiger partial charge on any atom is -0.497 e. The number of hydrogen-bond donors (Lipinski definition) is 1. The second-order valence-electron chi connectivity index (χ2n) is 6.33. The number of benzene rings is 2. The van der Waals surface area contributed by atoms with Crippen molar-refractivity contribution >= 4 is 17.3 Å². The molecule has 144 valence electrons. The Kier molecular flexibility index (Phi) is 6.54. The maximum Gasteiger partial charge on any atom is 0.265 e. The number of ether oxygens (including phenoxy) is 3. The van der Waals surface area contributed by atoms with Crippen LogP contribution >= 0.6 is 0 Å². The zero-order chi connectivity index (χ0) is 19.1. The van der Waals surface area contributed by atoms with Gasteiger partial charge in [-0.15, -0.1) is 0 Å². The third-order valence-corrected chi connectivity index (χ3v) is 4.51. The van der Waals surface area contributed by atoms with Crippen LogP contribution in [-0.2, 0) is 9.53 Å². The van der Waals surface area contributed by atoms with Crippen molar-refractivity contribution in [3.63, 3.8) is 0 Å². The van der Waals surface area contributed by atoms with Gasteiger partial charge in [0.25, 0.3) is 5.91 Å². The number of rotatable bonds is 7. The van der Waals surface area contributed by atoms with Crippen LogP contribution in [-0.4, -0.2) is 45.4 Å². The van der Waals surface area contributed by atoms with Gasteiger partial charge in [0, 0.05) is 24.5 Å². The van der Waals surface area contributed by atoms with E-state index in [0.29, 0.717) is 12.2 Å². The van der Waals surface area contributed by atoms with Crippen molar-refractivity contribution in [1.29, 1.82) is 0 Å². The molecule has 6 nitrogen and oxygen atoms in total. The Morgan fingerprint density at radius 1 is 1.07 bits per heavy atom. The van der Waals surface area contributed by atoms with Gasteiger partial charge >= 0.3 is 0 Å². The van der Waals surface area contributed by atoms with E-state index in [-0.39, 0.29) is 5.91 Å². The molecule has 0 saturated carbocycles. The Hall–Kier alpha value is -2.73. The highest BCUT2D eigenvalue weighted by Gasteiger charge is 2.19. The van der Waals surface area contributed by atoms with Crippen LogP contribution in [0.5, 0.6) is 11.5 Å².